The van der Waals surface area contributed by atoms with Crippen molar-refractivity contribution >= 4 is 57.3 Å². The maximum atomic E-state index is 12.7. The van der Waals surface area contributed by atoms with Crippen LogP contribution in [0.2, 0.25) is 10.0 Å². The lowest BCUT2D eigenvalue weighted by molar-refractivity contribution is -0.113. The Morgan fingerprint density at radius 3 is 2.67 bits per heavy atom. The lowest BCUT2D eigenvalue weighted by atomic mass is 10.1. The van der Waals surface area contributed by atoms with Crippen LogP contribution in [0.3, 0.4) is 0 Å². The van der Waals surface area contributed by atoms with Gasteiger partial charge in [0.15, 0.2) is 16.0 Å². The van der Waals surface area contributed by atoms with E-state index in [4.69, 9.17) is 27.6 Å². The van der Waals surface area contributed by atoms with Gasteiger partial charge in [0.2, 0.25) is 11.7 Å². The zero-order chi connectivity index (χ0) is 25.1. The van der Waals surface area contributed by atoms with Crippen LogP contribution >= 0.6 is 46.3 Å². The normalized spacial score (nSPS) is 11.1. The van der Waals surface area contributed by atoms with Crippen LogP contribution in [0.15, 0.2) is 76.6 Å². The summed E-state index contributed by atoms with van der Waals surface area (Å²) in [7, 11) is 0. The third-order valence-electron chi connectivity index (χ3n) is 5.16. The number of para-hydroxylation sites is 1. The molecular weight excluding hydrogens is 537 g/mol. The van der Waals surface area contributed by atoms with Crippen molar-refractivity contribution < 1.29 is 9.21 Å². The van der Waals surface area contributed by atoms with Gasteiger partial charge >= 0.3 is 0 Å². The van der Waals surface area contributed by atoms with Crippen molar-refractivity contribution in [2.75, 3.05) is 11.1 Å². The Balaban J connectivity index is 1.28. The van der Waals surface area contributed by atoms with Gasteiger partial charge in [-0.15, -0.1) is 21.5 Å². The molecule has 5 rings (SSSR count). The molecule has 0 saturated carbocycles. The highest BCUT2D eigenvalue weighted by molar-refractivity contribution is 7.99. The fourth-order valence-electron chi connectivity index (χ4n) is 3.61. The molecule has 1 N–H and O–H groups in total. The Labute approximate surface area is 225 Å². The molecular formula is C25H19Cl2N5O2S2. The molecule has 0 aliphatic heterocycles. The summed E-state index contributed by atoms with van der Waals surface area (Å²) in [5, 5.41) is 13.8. The molecule has 36 heavy (non-hydrogen) atoms. The van der Waals surface area contributed by atoms with E-state index in [1.54, 1.807) is 24.6 Å². The Kier molecular flexibility index (Phi) is 7.43. The number of anilines is 1. The first kappa shape index (κ1) is 24.6. The van der Waals surface area contributed by atoms with Crippen molar-refractivity contribution in [3.63, 3.8) is 0 Å². The predicted molar refractivity (Wildman–Crippen MR) is 145 cm³/mol. The van der Waals surface area contributed by atoms with Crippen molar-refractivity contribution in [2.24, 2.45) is 0 Å². The van der Waals surface area contributed by atoms with Gasteiger partial charge in [-0.05, 0) is 54.4 Å². The van der Waals surface area contributed by atoms with E-state index in [1.807, 2.05) is 54.0 Å². The number of hydrogen-bond acceptors (Lipinski definition) is 7. The first-order valence-corrected chi connectivity index (χ1v) is 13.4. The van der Waals surface area contributed by atoms with Gasteiger partial charge in [-0.3, -0.25) is 9.36 Å². The van der Waals surface area contributed by atoms with Crippen molar-refractivity contribution in [1.29, 1.82) is 0 Å². The molecule has 0 fully saturated rings. The number of thioether (sulfide) groups is 1. The van der Waals surface area contributed by atoms with Crippen molar-refractivity contribution in [1.82, 2.24) is 19.7 Å². The first-order chi connectivity index (χ1) is 17.5. The molecule has 0 bridgehead atoms. The van der Waals surface area contributed by atoms with Gasteiger partial charge in [-0.25, -0.2) is 4.98 Å². The summed E-state index contributed by atoms with van der Waals surface area (Å²) in [5.74, 6) is 1.12. The number of halogens is 2. The van der Waals surface area contributed by atoms with Crippen molar-refractivity contribution in [3.05, 3.63) is 93.1 Å². The van der Waals surface area contributed by atoms with E-state index >= 15 is 0 Å². The molecule has 0 unspecified atom stereocenters. The SMILES string of the molecule is Cc1ccccc1-n1c(SCC(=O)Nc2ncc(Cc3cc(Cl)cc(Cl)c3)s2)nnc1-c1ccco1. The van der Waals surface area contributed by atoms with E-state index in [1.165, 1.54) is 23.1 Å². The molecule has 3 heterocycles. The van der Waals surface area contributed by atoms with Gasteiger partial charge in [0, 0.05) is 27.5 Å². The lowest BCUT2D eigenvalue weighted by Crippen LogP contribution is -2.14. The lowest BCUT2D eigenvalue weighted by Gasteiger charge is -2.11. The van der Waals surface area contributed by atoms with E-state index in [0.717, 1.165) is 21.7 Å². The number of nitrogens with one attached hydrogen (secondary N) is 1. The molecule has 0 atom stereocenters. The van der Waals surface area contributed by atoms with Crippen LogP contribution in [-0.2, 0) is 11.2 Å². The third-order valence-corrected chi connectivity index (χ3v) is 7.44. The summed E-state index contributed by atoms with van der Waals surface area (Å²) in [5.41, 5.74) is 2.95. The summed E-state index contributed by atoms with van der Waals surface area (Å²) < 4.78 is 7.47. The highest BCUT2D eigenvalue weighted by atomic mass is 35.5. The van der Waals surface area contributed by atoms with E-state index < -0.39 is 0 Å². The standard InChI is InChI=1S/C25H19Cl2N5O2S2/c1-15-5-2-3-6-20(15)32-23(21-7-4-8-34-21)30-31-25(32)35-14-22(33)29-24-28-13-19(36-24)11-16-9-17(26)12-18(27)10-16/h2-10,12-13H,11,14H2,1H3,(H,28,29,33). The molecule has 7 nitrogen and oxygen atoms in total. The maximum absolute atomic E-state index is 12.7. The first-order valence-electron chi connectivity index (χ1n) is 10.8. The molecule has 11 heteroatoms. The van der Waals surface area contributed by atoms with Gasteiger partial charge < -0.3 is 9.73 Å². The minimum Gasteiger partial charge on any atom is -0.461 e. The average Bonchev–Trinajstić information content (AvgIpc) is 3.59. The quantitative estimate of drug-likeness (QED) is 0.209. The summed E-state index contributed by atoms with van der Waals surface area (Å²) in [6, 6.07) is 17.0. The molecule has 0 aliphatic carbocycles. The Morgan fingerprint density at radius 1 is 1.11 bits per heavy atom. The molecule has 1 amide bonds. The second kappa shape index (κ2) is 10.9. The third kappa shape index (κ3) is 5.65. The number of benzene rings is 2. The number of rotatable bonds is 8. The smallest absolute Gasteiger partial charge is 0.236 e. The summed E-state index contributed by atoms with van der Waals surface area (Å²) in [4.78, 5) is 18.0. The number of carbonyl (C=O) groups excluding carboxylic acids is 1. The number of furan rings is 1. The summed E-state index contributed by atoms with van der Waals surface area (Å²) in [6.07, 6.45) is 3.96. The molecule has 182 valence electrons. The average molecular weight is 557 g/mol. The van der Waals surface area contributed by atoms with Crippen LogP contribution in [0.25, 0.3) is 17.3 Å². The van der Waals surface area contributed by atoms with Crippen LogP contribution in [0.1, 0.15) is 16.0 Å². The van der Waals surface area contributed by atoms with Crippen LogP contribution in [0.4, 0.5) is 5.13 Å². The zero-order valence-corrected chi connectivity index (χ0v) is 22.1. The Bertz CT molecular complexity index is 1490. The minimum absolute atomic E-state index is 0.140. The molecule has 0 spiro atoms. The fraction of sp³-hybridized carbons (Fsp3) is 0.120. The van der Waals surface area contributed by atoms with Gasteiger partial charge in [0.25, 0.3) is 0 Å². The highest BCUT2D eigenvalue weighted by Gasteiger charge is 2.20. The molecule has 2 aromatic carbocycles. The number of amides is 1. The van der Waals surface area contributed by atoms with Crippen LogP contribution in [0, 0.1) is 6.92 Å². The topological polar surface area (TPSA) is 85.8 Å². The Morgan fingerprint density at radius 2 is 1.92 bits per heavy atom. The van der Waals surface area contributed by atoms with E-state index in [9.17, 15) is 4.79 Å². The molecule has 0 aliphatic rings. The molecule has 5 aromatic rings. The molecule has 0 saturated heterocycles. The largest absolute Gasteiger partial charge is 0.461 e. The highest BCUT2D eigenvalue weighted by Crippen LogP contribution is 2.30. The number of carbonyl (C=O) groups is 1. The monoisotopic (exact) mass is 555 g/mol. The van der Waals surface area contributed by atoms with Crippen LogP contribution in [-0.4, -0.2) is 31.4 Å². The van der Waals surface area contributed by atoms with Gasteiger partial charge in [0.05, 0.1) is 17.7 Å². The second-order valence-electron chi connectivity index (χ2n) is 7.83. The number of aromatic nitrogens is 4. The van der Waals surface area contributed by atoms with E-state index in [0.29, 0.717) is 38.3 Å². The van der Waals surface area contributed by atoms with Crippen LogP contribution in [0.5, 0.6) is 0 Å². The summed E-state index contributed by atoms with van der Waals surface area (Å²) in [6.45, 7) is 2.01. The number of thiazole rings is 1. The fourth-order valence-corrected chi connectivity index (χ4v) is 5.79. The van der Waals surface area contributed by atoms with Crippen molar-refractivity contribution in [2.45, 2.75) is 18.5 Å². The van der Waals surface area contributed by atoms with Gasteiger partial charge in [-0.2, -0.15) is 0 Å². The number of hydrogen-bond donors (Lipinski definition) is 1. The van der Waals surface area contributed by atoms with Crippen molar-refractivity contribution in [3.8, 4) is 17.3 Å². The van der Waals surface area contributed by atoms with Gasteiger partial charge in [-0.1, -0.05) is 53.2 Å². The number of nitrogens with zero attached hydrogens (tertiary/aromatic N) is 4. The second-order valence-corrected chi connectivity index (χ2v) is 10.8. The minimum atomic E-state index is -0.189. The maximum Gasteiger partial charge on any atom is 0.236 e. The van der Waals surface area contributed by atoms with Crippen LogP contribution < -0.4 is 5.32 Å². The molecule has 3 aromatic heterocycles. The summed E-state index contributed by atoms with van der Waals surface area (Å²) >= 11 is 14.9. The molecule has 0 radical (unpaired) electrons. The van der Waals surface area contributed by atoms with Gasteiger partial charge in [0.1, 0.15) is 0 Å². The number of aryl methyl sites for hydroxylation is 1. The van der Waals surface area contributed by atoms with E-state index in [2.05, 4.69) is 20.5 Å². The zero-order valence-electron chi connectivity index (χ0n) is 18.9. The predicted octanol–water partition coefficient (Wildman–Crippen LogP) is 6.92. The Hall–Kier alpha value is -3.11. The van der Waals surface area contributed by atoms with E-state index in [-0.39, 0.29) is 11.7 Å².